The Labute approximate surface area is 130 Å². The van der Waals surface area contributed by atoms with Gasteiger partial charge in [0.25, 0.3) is 0 Å². The number of carbonyl (C=O) groups excluding carboxylic acids is 1. The van der Waals surface area contributed by atoms with Gasteiger partial charge in [0.05, 0.1) is 10.7 Å². The van der Waals surface area contributed by atoms with Gasteiger partial charge in [-0.25, -0.2) is 9.59 Å². The van der Waals surface area contributed by atoms with Crippen molar-refractivity contribution in [2.24, 2.45) is 0 Å². The Balaban J connectivity index is 2.81. The van der Waals surface area contributed by atoms with Crippen LogP contribution in [0.5, 0.6) is 0 Å². The highest BCUT2D eigenvalue weighted by Crippen LogP contribution is 2.24. The summed E-state index contributed by atoms with van der Waals surface area (Å²) in [7, 11) is 1.44. The highest BCUT2D eigenvalue weighted by molar-refractivity contribution is 14.1. The second-order valence-corrected chi connectivity index (χ2v) is 5.58. The van der Waals surface area contributed by atoms with E-state index in [-0.39, 0.29) is 0 Å². The molecule has 0 aliphatic rings. The van der Waals surface area contributed by atoms with E-state index in [1.807, 2.05) is 0 Å². The summed E-state index contributed by atoms with van der Waals surface area (Å²) in [5.41, 5.74) is 0.458. The van der Waals surface area contributed by atoms with Gasteiger partial charge in [0.1, 0.15) is 6.04 Å². The minimum Gasteiger partial charge on any atom is -0.480 e. The Morgan fingerprint density at radius 3 is 2.63 bits per heavy atom. The molecule has 0 radical (unpaired) electrons. The summed E-state index contributed by atoms with van der Waals surface area (Å²) in [6, 6.07) is 3.83. The summed E-state index contributed by atoms with van der Waals surface area (Å²) >= 11 is 8.11. The maximum atomic E-state index is 11.9. The lowest BCUT2D eigenvalue weighted by molar-refractivity contribution is -0.141. The van der Waals surface area contributed by atoms with Gasteiger partial charge in [0.15, 0.2) is 0 Å². The molecular formula is C12H14ClIN2O3. The van der Waals surface area contributed by atoms with Gasteiger partial charge < -0.3 is 15.3 Å². The van der Waals surface area contributed by atoms with E-state index in [0.717, 1.165) is 8.47 Å². The molecule has 1 aromatic rings. The monoisotopic (exact) mass is 396 g/mol. The molecular weight excluding hydrogens is 382 g/mol. The zero-order valence-electron chi connectivity index (χ0n) is 10.5. The second kappa shape index (κ2) is 6.95. The van der Waals surface area contributed by atoms with Gasteiger partial charge in [-0.1, -0.05) is 18.5 Å². The second-order valence-electron chi connectivity index (χ2n) is 3.93. The number of carboxylic acids is 1. The lowest BCUT2D eigenvalue weighted by Crippen LogP contribution is -2.44. The highest BCUT2D eigenvalue weighted by atomic mass is 127. The molecule has 0 aromatic heterocycles. The first kappa shape index (κ1) is 16.0. The van der Waals surface area contributed by atoms with Crippen LogP contribution in [0.3, 0.4) is 0 Å². The Kier molecular flexibility index (Phi) is 5.86. The standard InChI is InChI=1S/C12H14ClIN2O3/c1-3-10(11(17)18)16(2)12(19)15-9-5-4-7(14)6-8(9)13/h4-6,10H,3H2,1-2H3,(H,15,19)(H,17,18). The van der Waals surface area contributed by atoms with Crippen molar-refractivity contribution in [3.8, 4) is 0 Å². The highest BCUT2D eigenvalue weighted by Gasteiger charge is 2.24. The quantitative estimate of drug-likeness (QED) is 0.768. The van der Waals surface area contributed by atoms with Gasteiger partial charge in [-0.05, 0) is 47.2 Å². The Bertz CT molecular complexity index is 496. The predicted octanol–water partition coefficient (Wildman–Crippen LogP) is 3.27. The molecule has 0 heterocycles. The molecule has 0 aliphatic heterocycles. The summed E-state index contributed by atoms with van der Waals surface area (Å²) in [4.78, 5) is 24.1. The van der Waals surface area contributed by atoms with Crippen LogP contribution in [0.15, 0.2) is 18.2 Å². The fourth-order valence-corrected chi connectivity index (χ4v) is 2.45. The number of urea groups is 1. The van der Waals surface area contributed by atoms with E-state index in [0.29, 0.717) is 17.1 Å². The Hall–Kier alpha value is -1.02. The molecule has 2 amide bonds. The molecule has 7 heteroatoms. The van der Waals surface area contributed by atoms with Gasteiger partial charge in [0, 0.05) is 10.6 Å². The molecule has 0 spiro atoms. The molecule has 5 nitrogen and oxygen atoms in total. The van der Waals surface area contributed by atoms with Crippen LogP contribution in [0, 0.1) is 3.57 Å². The number of aliphatic carboxylic acids is 1. The maximum Gasteiger partial charge on any atom is 0.326 e. The van der Waals surface area contributed by atoms with Gasteiger partial charge in [-0.15, -0.1) is 0 Å². The number of nitrogens with one attached hydrogen (secondary N) is 1. The fraction of sp³-hybridized carbons (Fsp3) is 0.333. The molecule has 0 saturated heterocycles. The lowest BCUT2D eigenvalue weighted by Gasteiger charge is -2.24. The van der Waals surface area contributed by atoms with Crippen LogP contribution in [0.25, 0.3) is 0 Å². The number of benzene rings is 1. The molecule has 0 bridgehead atoms. The number of anilines is 1. The number of likely N-dealkylation sites (N-methyl/N-ethyl adjacent to an activating group) is 1. The topological polar surface area (TPSA) is 69.6 Å². The number of carboxylic acid groups (broad SMARTS) is 1. The van der Waals surface area contributed by atoms with Crippen molar-refractivity contribution in [1.82, 2.24) is 4.90 Å². The summed E-state index contributed by atoms with van der Waals surface area (Å²) in [6.45, 7) is 1.71. The van der Waals surface area contributed by atoms with E-state index in [1.54, 1.807) is 25.1 Å². The molecule has 0 saturated carbocycles. The molecule has 2 N–H and O–H groups in total. The molecule has 19 heavy (non-hydrogen) atoms. The average Bonchev–Trinajstić information content (AvgIpc) is 2.32. The smallest absolute Gasteiger partial charge is 0.326 e. The molecule has 0 aliphatic carbocycles. The number of hydrogen-bond acceptors (Lipinski definition) is 2. The summed E-state index contributed by atoms with van der Waals surface area (Å²) in [5.74, 6) is -1.03. The van der Waals surface area contributed by atoms with E-state index >= 15 is 0 Å². The van der Waals surface area contributed by atoms with Crippen LogP contribution in [0.1, 0.15) is 13.3 Å². The van der Waals surface area contributed by atoms with Crippen molar-refractivity contribution in [3.05, 3.63) is 26.8 Å². The largest absolute Gasteiger partial charge is 0.480 e. The summed E-state index contributed by atoms with van der Waals surface area (Å²) in [5, 5.41) is 12.0. The van der Waals surface area contributed by atoms with Gasteiger partial charge >= 0.3 is 12.0 Å². The number of halogens is 2. The SMILES string of the molecule is CCC(C(=O)O)N(C)C(=O)Nc1ccc(I)cc1Cl. The third kappa shape index (κ3) is 4.24. The van der Waals surface area contributed by atoms with Crippen molar-refractivity contribution < 1.29 is 14.7 Å². The fourth-order valence-electron chi connectivity index (χ4n) is 1.55. The van der Waals surface area contributed by atoms with Crippen LogP contribution in [0.4, 0.5) is 10.5 Å². The lowest BCUT2D eigenvalue weighted by atomic mass is 10.2. The average molecular weight is 397 g/mol. The van der Waals surface area contributed by atoms with E-state index in [9.17, 15) is 9.59 Å². The van der Waals surface area contributed by atoms with Crippen molar-refractivity contribution >= 4 is 51.9 Å². The Morgan fingerprint density at radius 1 is 1.53 bits per heavy atom. The predicted molar refractivity (Wildman–Crippen MR) is 82.7 cm³/mol. The van der Waals surface area contributed by atoms with Crippen LogP contribution in [-0.2, 0) is 4.79 Å². The first-order chi connectivity index (χ1) is 8.86. The number of amides is 2. The molecule has 1 aromatic carbocycles. The third-order valence-corrected chi connectivity index (χ3v) is 3.62. The van der Waals surface area contributed by atoms with Gasteiger partial charge in [-0.2, -0.15) is 0 Å². The minimum absolute atomic E-state index is 0.333. The van der Waals surface area contributed by atoms with Gasteiger partial charge in [0.2, 0.25) is 0 Å². The van der Waals surface area contributed by atoms with Crippen molar-refractivity contribution in [1.29, 1.82) is 0 Å². The first-order valence-electron chi connectivity index (χ1n) is 5.58. The first-order valence-corrected chi connectivity index (χ1v) is 7.04. The third-order valence-electron chi connectivity index (χ3n) is 2.63. The number of nitrogens with zero attached hydrogens (tertiary/aromatic N) is 1. The maximum absolute atomic E-state index is 11.9. The van der Waals surface area contributed by atoms with E-state index < -0.39 is 18.0 Å². The molecule has 0 fully saturated rings. The molecule has 1 rings (SSSR count). The van der Waals surface area contributed by atoms with Crippen molar-refractivity contribution in [3.63, 3.8) is 0 Å². The minimum atomic E-state index is -1.03. The van der Waals surface area contributed by atoms with Crippen LogP contribution in [-0.4, -0.2) is 35.1 Å². The summed E-state index contributed by atoms with van der Waals surface area (Å²) in [6.07, 6.45) is 0.333. The molecule has 1 atom stereocenters. The van der Waals surface area contributed by atoms with E-state index in [4.69, 9.17) is 16.7 Å². The zero-order chi connectivity index (χ0) is 14.6. The summed E-state index contributed by atoms with van der Waals surface area (Å²) < 4.78 is 0.950. The van der Waals surface area contributed by atoms with Crippen LogP contribution < -0.4 is 5.32 Å². The van der Waals surface area contributed by atoms with Crippen molar-refractivity contribution in [2.75, 3.05) is 12.4 Å². The van der Waals surface area contributed by atoms with E-state index in [2.05, 4.69) is 27.9 Å². The Morgan fingerprint density at radius 2 is 2.16 bits per heavy atom. The van der Waals surface area contributed by atoms with E-state index in [1.165, 1.54) is 7.05 Å². The molecule has 104 valence electrons. The molecule has 1 unspecified atom stereocenters. The normalized spacial score (nSPS) is 11.8. The van der Waals surface area contributed by atoms with Gasteiger partial charge in [-0.3, -0.25) is 0 Å². The van der Waals surface area contributed by atoms with Crippen molar-refractivity contribution in [2.45, 2.75) is 19.4 Å². The number of hydrogen-bond donors (Lipinski definition) is 2. The number of carbonyl (C=O) groups is 2. The van der Waals surface area contributed by atoms with Crippen LogP contribution >= 0.6 is 34.2 Å². The zero-order valence-corrected chi connectivity index (χ0v) is 13.4. The van der Waals surface area contributed by atoms with Crippen LogP contribution in [0.2, 0.25) is 5.02 Å². The number of rotatable bonds is 4.